The van der Waals surface area contributed by atoms with Gasteiger partial charge in [0.25, 0.3) is 0 Å². The molecule has 0 saturated carbocycles. The summed E-state index contributed by atoms with van der Waals surface area (Å²) in [4.78, 5) is 15.0. The molecule has 11 aromatic rings. The Labute approximate surface area is 370 Å². The maximum atomic E-state index is 7.15. The second kappa shape index (κ2) is 14.3. The van der Waals surface area contributed by atoms with Crippen molar-refractivity contribution in [3.05, 3.63) is 247 Å². The molecule has 64 heavy (non-hydrogen) atoms. The zero-order valence-corrected chi connectivity index (χ0v) is 34.6. The number of ether oxygens (including phenoxy) is 1. The number of hydrogen-bond acceptors (Lipinski definition) is 4. The molecule has 0 N–H and O–H groups in total. The van der Waals surface area contributed by atoms with Crippen LogP contribution in [0.4, 0.5) is 0 Å². The van der Waals surface area contributed by atoms with Gasteiger partial charge < -0.3 is 4.74 Å². The van der Waals surface area contributed by atoms with Crippen LogP contribution >= 0.6 is 0 Å². The van der Waals surface area contributed by atoms with E-state index in [1.54, 1.807) is 0 Å². The molecule has 8 aromatic carbocycles. The second-order valence-corrected chi connectivity index (χ2v) is 16.6. The smallest absolute Gasteiger partial charge is 0.140 e. The molecule has 4 heteroatoms. The Balaban J connectivity index is 0.918. The summed E-state index contributed by atoms with van der Waals surface area (Å²) in [6, 6.07) is 77.6. The Morgan fingerprint density at radius 2 is 0.953 bits per heavy atom. The van der Waals surface area contributed by atoms with E-state index in [2.05, 4.69) is 187 Å². The summed E-state index contributed by atoms with van der Waals surface area (Å²) in [6.45, 7) is 0. The molecule has 4 heterocycles. The van der Waals surface area contributed by atoms with E-state index in [1.807, 2.05) is 42.6 Å². The number of nitrogens with zero attached hydrogens (tertiary/aromatic N) is 3. The van der Waals surface area contributed by atoms with Crippen LogP contribution in [-0.2, 0) is 5.41 Å². The van der Waals surface area contributed by atoms with Gasteiger partial charge in [-0.2, -0.15) is 0 Å². The van der Waals surface area contributed by atoms with Gasteiger partial charge in [-0.3, -0.25) is 4.98 Å². The van der Waals surface area contributed by atoms with Crippen molar-refractivity contribution in [2.24, 2.45) is 0 Å². The van der Waals surface area contributed by atoms with Crippen molar-refractivity contribution in [2.45, 2.75) is 5.41 Å². The largest absolute Gasteiger partial charge is 0.456 e. The molecule has 13 rings (SSSR count). The Morgan fingerprint density at radius 3 is 1.67 bits per heavy atom. The number of para-hydroxylation sites is 2. The predicted octanol–water partition coefficient (Wildman–Crippen LogP) is 15.0. The highest BCUT2D eigenvalue weighted by atomic mass is 16.5. The molecule has 298 valence electrons. The summed E-state index contributed by atoms with van der Waals surface area (Å²) in [6.07, 6.45) is 1.81. The Kier molecular flexibility index (Phi) is 8.09. The lowest BCUT2D eigenvalue weighted by molar-refractivity contribution is 0.442. The van der Waals surface area contributed by atoms with Gasteiger partial charge in [-0.1, -0.05) is 182 Å². The van der Waals surface area contributed by atoms with E-state index in [1.165, 1.54) is 22.3 Å². The molecule has 0 unspecified atom stereocenters. The van der Waals surface area contributed by atoms with E-state index >= 15 is 0 Å². The first kappa shape index (κ1) is 36.2. The molecule has 4 nitrogen and oxygen atoms in total. The minimum atomic E-state index is -0.545. The van der Waals surface area contributed by atoms with Gasteiger partial charge in [0.1, 0.15) is 11.5 Å². The second-order valence-electron chi connectivity index (χ2n) is 16.6. The highest BCUT2D eigenvalue weighted by molar-refractivity contribution is 6.15. The van der Waals surface area contributed by atoms with E-state index in [-0.39, 0.29) is 0 Å². The maximum Gasteiger partial charge on any atom is 0.140 e. The molecule has 0 saturated heterocycles. The molecular weight excluding hydrogens is 779 g/mol. The molecule has 1 aliphatic carbocycles. The summed E-state index contributed by atoms with van der Waals surface area (Å²) >= 11 is 0. The summed E-state index contributed by atoms with van der Waals surface area (Å²) in [5.41, 5.74) is 17.9. The fraction of sp³-hybridized carbons (Fsp3) is 0.0167. The zero-order chi connectivity index (χ0) is 42.2. The number of rotatable bonds is 5. The average molecular weight is 816 g/mol. The summed E-state index contributed by atoms with van der Waals surface area (Å²) in [5, 5.41) is 3.20. The van der Waals surface area contributed by atoms with Gasteiger partial charge >= 0.3 is 0 Å². The van der Waals surface area contributed by atoms with Gasteiger partial charge in [0, 0.05) is 44.6 Å². The lowest BCUT2D eigenvalue weighted by atomic mass is 9.65. The predicted molar refractivity (Wildman–Crippen MR) is 259 cm³/mol. The Hall–Kier alpha value is -8.47. The zero-order valence-electron chi connectivity index (χ0n) is 34.6. The number of fused-ring (bicyclic) bond motifs is 13. The Bertz CT molecular complexity index is 3520. The molecule has 1 aliphatic heterocycles. The van der Waals surface area contributed by atoms with Gasteiger partial charge in [0.15, 0.2) is 0 Å². The van der Waals surface area contributed by atoms with Crippen molar-refractivity contribution in [1.29, 1.82) is 0 Å². The van der Waals surface area contributed by atoms with Crippen molar-refractivity contribution < 1.29 is 4.74 Å². The van der Waals surface area contributed by atoms with E-state index in [0.29, 0.717) is 0 Å². The first-order chi connectivity index (χ1) is 31.7. The maximum absolute atomic E-state index is 7.15. The standard InChI is InChI=1S/C60H37N3O/c1-2-14-41(15-3-1)54-36-43(37-55(62-54)53-23-12-13-35-61-53)40-27-25-38(26-28-40)39-29-31-42(32-30-39)58-47-33-34-51-59(57(47)46-18-6-10-22-52(46)63-58)64-56-24-11-9-21-50(56)60(51)48-19-7-4-16-44(48)45-17-5-8-20-49(45)60/h1-37H. The van der Waals surface area contributed by atoms with Crippen LogP contribution in [0.2, 0.25) is 0 Å². The summed E-state index contributed by atoms with van der Waals surface area (Å²) in [7, 11) is 0. The van der Waals surface area contributed by atoms with Crippen LogP contribution in [0.1, 0.15) is 22.3 Å². The normalized spacial score (nSPS) is 12.9. The summed E-state index contributed by atoms with van der Waals surface area (Å²) < 4.78 is 7.15. The van der Waals surface area contributed by atoms with Crippen LogP contribution in [0.15, 0.2) is 225 Å². The molecular formula is C60H37N3O. The highest BCUT2D eigenvalue weighted by Gasteiger charge is 2.51. The number of aromatic nitrogens is 3. The Morgan fingerprint density at radius 1 is 0.359 bits per heavy atom. The molecule has 0 radical (unpaired) electrons. The van der Waals surface area contributed by atoms with Crippen molar-refractivity contribution in [3.63, 3.8) is 0 Å². The van der Waals surface area contributed by atoms with Crippen LogP contribution in [-0.4, -0.2) is 15.0 Å². The first-order valence-corrected chi connectivity index (χ1v) is 21.8. The third-order valence-corrected chi connectivity index (χ3v) is 13.2. The van der Waals surface area contributed by atoms with Crippen LogP contribution in [0.25, 0.3) is 89.0 Å². The minimum Gasteiger partial charge on any atom is -0.456 e. The fourth-order valence-electron chi connectivity index (χ4n) is 10.3. The quantitative estimate of drug-likeness (QED) is 0.162. The lowest BCUT2D eigenvalue weighted by Gasteiger charge is -2.40. The van der Waals surface area contributed by atoms with Crippen molar-refractivity contribution >= 4 is 21.7 Å². The van der Waals surface area contributed by atoms with Crippen molar-refractivity contribution in [3.8, 4) is 78.8 Å². The topological polar surface area (TPSA) is 47.9 Å². The van der Waals surface area contributed by atoms with Gasteiger partial charge in [0.05, 0.1) is 33.7 Å². The van der Waals surface area contributed by atoms with E-state index in [0.717, 1.165) is 100 Å². The fourth-order valence-corrected chi connectivity index (χ4v) is 10.3. The molecule has 0 amide bonds. The number of hydrogen-bond donors (Lipinski definition) is 0. The first-order valence-electron chi connectivity index (χ1n) is 21.8. The molecule has 0 atom stereocenters. The SMILES string of the molecule is c1ccc(-c2cc(-c3ccc(-c4ccc(-c5nc6ccccc6c6c7c(ccc56)C5(c6ccccc6O7)c6ccccc6-c6ccccc65)cc4)cc3)cc(-c3ccccn3)n2)cc1. The number of pyridine rings is 3. The lowest BCUT2D eigenvalue weighted by Crippen LogP contribution is -2.32. The molecule has 0 fully saturated rings. The highest BCUT2D eigenvalue weighted by Crippen LogP contribution is 2.63. The van der Waals surface area contributed by atoms with Gasteiger partial charge in [-0.25, -0.2) is 9.97 Å². The van der Waals surface area contributed by atoms with Crippen molar-refractivity contribution in [2.75, 3.05) is 0 Å². The molecule has 3 aromatic heterocycles. The van der Waals surface area contributed by atoms with Crippen LogP contribution in [0.5, 0.6) is 11.5 Å². The third-order valence-electron chi connectivity index (χ3n) is 13.2. The molecule has 2 aliphatic rings. The minimum absolute atomic E-state index is 0.545. The van der Waals surface area contributed by atoms with Gasteiger partial charge in [0.2, 0.25) is 0 Å². The van der Waals surface area contributed by atoms with Crippen LogP contribution < -0.4 is 4.74 Å². The van der Waals surface area contributed by atoms with Crippen molar-refractivity contribution in [1.82, 2.24) is 15.0 Å². The van der Waals surface area contributed by atoms with Gasteiger partial charge in [-0.05, 0) is 80.9 Å². The van der Waals surface area contributed by atoms with Crippen LogP contribution in [0.3, 0.4) is 0 Å². The molecule has 1 spiro atoms. The van der Waals surface area contributed by atoms with E-state index in [4.69, 9.17) is 14.7 Å². The van der Waals surface area contributed by atoms with E-state index in [9.17, 15) is 0 Å². The average Bonchev–Trinajstić information content (AvgIpc) is 3.67. The monoisotopic (exact) mass is 815 g/mol. The van der Waals surface area contributed by atoms with Gasteiger partial charge in [-0.15, -0.1) is 0 Å². The summed E-state index contributed by atoms with van der Waals surface area (Å²) in [5.74, 6) is 1.76. The van der Waals surface area contributed by atoms with Crippen LogP contribution in [0, 0.1) is 0 Å². The number of benzene rings is 8. The molecule has 0 bridgehead atoms. The third kappa shape index (κ3) is 5.46. The van der Waals surface area contributed by atoms with E-state index < -0.39 is 5.41 Å².